The lowest BCUT2D eigenvalue weighted by atomic mass is 9.46. The van der Waals surface area contributed by atoms with E-state index in [1.54, 1.807) is 0 Å². The smallest absolute Gasteiger partial charge is 0.00851 e. The molecule has 3 fully saturated rings. The van der Waals surface area contributed by atoms with Crippen LogP contribution in [0, 0.1) is 46.3 Å². The first kappa shape index (κ1) is 16.2. The van der Waals surface area contributed by atoms with E-state index in [1.165, 1.54) is 51.4 Å². The molecule has 3 saturated carbocycles. The largest absolute Gasteiger partial charge is 0.0845 e. The van der Waals surface area contributed by atoms with E-state index in [4.69, 9.17) is 0 Å². The molecule has 4 aliphatic carbocycles. The van der Waals surface area contributed by atoms with Crippen molar-refractivity contribution in [2.24, 2.45) is 46.3 Å². The summed E-state index contributed by atoms with van der Waals surface area (Å²) in [5, 5.41) is 0. The van der Waals surface area contributed by atoms with Crippen molar-refractivity contribution < 1.29 is 0 Å². The van der Waals surface area contributed by atoms with Gasteiger partial charge in [0, 0.05) is 0 Å². The fourth-order valence-corrected chi connectivity index (χ4v) is 7.98. The Hall–Kier alpha value is -0.260. The zero-order valence-electron chi connectivity index (χ0n) is 16.2. The molecule has 0 unspecified atom stereocenters. The van der Waals surface area contributed by atoms with Crippen molar-refractivity contribution in [2.75, 3.05) is 0 Å². The molecule has 0 aliphatic heterocycles. The molecule has 0 aromatic carbocycles. The summed E-state index contributed by atoms with van der Waals surface area (Å²) < 4.78 is 0. The van der Waals surface area contributed by atoms with Gasteiger partial charge in [-0.1, -0.05) is 46.3 Å². The van der Waals surface area contributed by atoms with Crippen molar-refractivity contribution in [3.63, 3.8) is 0 Å². The second-order valence-electron chi connectivity index (χ2n) is 10.6. The highest BCUT2D eigenvalue weighted by Gasteiger charge is 2.58. The highest BCUT2D eigenvalue weighted by atomic mass is 14.6. The van der Waals surface area contributed by atoms with Crippen LogP contribution >= 0.6 is 0 Å². The number of hydrogen-bond acceptors (Lipinski definition) is 0. The molecule has 0 radical (unpaired) electrons. The Balaban J connectivity index is 1.65. The lowest BCUT2D eigenvalue weighted by Gasteiger charge is -2.58. The summed E-state index contributed by atoms with van der Waals surface area (Å²) in [6, 6.07) is 0. The van der Waals surface area contributed by atoms with Gasteiger partial charge in [0.25, 0.3) is 0 Å². The zero-order valence-corrected chi connectivity index (χ0v) is 16.2. The van der Waals surface area contributed by atoms with Gasteiger partial charge in [0.2, 0.25) is 0 Å². The van der Waals surface area contributed by atoms with E-state index >= 15 is 0 Å². The van der Waals surface area contributed by atoms with Crippen LogP contribution in [0.5, 0.6) is 0 Å². The molecular formula is C23H38. The van der Waals surface area contributed by atoms with E-state index in [9.17, 15) is 0 Å². The van der Waals surface area contributed by atoms with E-state index in [0.29, 0.717) is 10.8 Å². The molecule has 0 amide bonds. The Kier molecular flexibility index (Phi) is 3.79. The van der Waals surface area contributed by atoms with Crippen molar-refractivity contribution in [1.29, 1.82) is 0 Å². The molecule has 7 atom stereocenters. The molecule has 0 bridgehead atoms. The third-order valence-electron chi connectivity index (χ3n) is 9.23. The Bertz CT molecular complexity index is 500. The Morgan fingerprint density at radius 3 is 2.52 bits per heavy atom. The van der Waals surface area contributed by atoms with E-state index in [1.807, 2.05) is 5.57 Å². The van der Waals surface area contributed by atoms with Crippen molar-refractivity contribution in [1.82, 2.24) is 0 Å². The van der Waals surface area contributed by atoms with E-state index in [-0.39, 0.29) is 0 Å². The monoisotopic (exact) mass is 314 g/mol. The number of fused-ring (bicyclic) bond motifs is 5. The van der Waals surface area contributed by atoms with Crippen LogP contribution < -0.4 is 0 Å². The van der Waals surface area contributed by atoms with Crippen LogP contribution in [-0.4, -0.2) is 0 Å². The van der Waals surface area contributed by atoms with Gasteiger partial charge in [-0.2, -0.15) is 0 Å². The molecule has 0 spiro atoms. The average molecular weight is 315 g/mol. The third-order valence-corrected chi connectivity index (χ3v) is 9.23. The van der Waals surface area contributed by atoms with E-state index < -0.39 is 0 Å². The minimum absolute atomic E-state index is 0.562. The van der Waals surface area contributed by atoms with E-state index in [2.05, 4.69) is 40.7 Å². The van der Waals surface area contributed by atoms with Gasteiger partial charge in [0.1, 0.15) is 0 Å². The predicted octanol–water partition coefficient (Wildman–Crippen LogP) is 6.86. The van der Waals surface area contributed by atoms with Crippen LogP contribution in [0.4, 0.5) is 0 Å². The molecule has 0 saturated heterocycles. The van der Waals surface area contributed by atoms with Crippen molar-refractivity contribution in [3.05, 3.63) is 11.6 Å². The SMILES string of the molecule is CC(C)[C@H]1CC[C@H]2[C@@H]3CC=C4C[C@@H](C)CC[C@]4(C)[C@H]3CC[C@]12C. The van der Waals surface area contributed by atoms with Crippen LogP contribution in [0.1, 0.15) is 86.0 Å². The summed E-state index contributed by atoms with van der Waals surface area (Å²) in [6.07, 6.45) is 14.5. The molecule has 0 heterocycles. The molecule has 130 valence electrons. The first-order valence-corrected chi connectivity index (χ1v) is 10.6. The Labute approximate surface area is 144 Å². The van der Waals surface area contributed by atoms with Gasteiger partial charge in [0.05, 0.1) is 0 Å². The normalized spacial score (nSPS) is 52.6. The first-order chi connectivity index (χ1) is 10.9. The average Bonchev–Trinajstić information content (AvgIpc) is 2.85. The second-order valence-corrected chi connectivity index (χ2v) is 10.6. The molecule has 0 heteroatoms. The van der Waals surface area contributed by atoms with Gasteiger partial charge in [-0.3, -0.25) is 0 Å². The van der Waals surface area contributed by atoms with Crippen LogP contribution in [0.25, 0.3) is 0 Å². The molecule has 0 aromatic heterocycles. The molecule has 23 heavy (non-hydrogen) atoms. The summed E-state index contributed by atoms with van der Waals surface area (Å²) in [6.45, 7) is 12.8. The number of allylic oxidation sites excluding steroid dienone is 2. The van der Waals surface area contributed by atoms with Gasteiger partial charge in [-0.15, -0.1) is 0 Å². The predicted molar refractivity (Wildman–Crippen MR) is 99.2 cm³/mol. The standard InChI is InChI=1S/C23H38/c1-15(2)19-8-9-20-18-7-6-17-14-16(3)10-12-22(17,4)21(18)11-13-23(19,20)5/h6,15-16,18-21H,7-14H2,1-5H3/t16-,18-,19+,20-,21-,22-,23+/m0/s1. The minimum Gasteiger partial charge on any atom is -0.0845 e. The second kappa shape index (κ2) is 5.37. The quantitative estimate of drug-likeness (QED) is 0.464. The fraction of sp³-hybridized carbons (Fsp3) is 0.913. The van der Waals surface area contributed by atoms with Gasteiger partial charge >= 0.3 is 0 Å². The first-order valence-electron chi connectivity index (χ1n) is 10.6. The van der Waals surface area contributed by atoms with Crippen molar-refractivity contribution in [2.45, 2.75) is 86.0 Å². The molecular weight excluding hydrogens is 276 g/mol. The lowest BCUT2D eigenvalue weighted by molar-refractivity contribution is -0.0503. The number of hydrogen-bond donors (Lipinski definition) is 0. The highest BCUT2D eigenvalue weighted by molar-refractivity contribution is 5.25. The minimum atomic E-state index is 0.562. The van der Waals surface area contributed by atoms with Gasteiger partial charge < -0.3 is 0 Å². The lowest BCUT2D eigenvalue weighted by Crippen LogP contribution is -2.50. The van der Waals surface area contributed by atoms with Crippen molar-refractivity contribution in [3.8, 4) is 0 Å². The molecule has 0 aromatic rings. The van der Waals surface area contributed by atoms with Crippen molar-refractivity contribution >= 4 is 0 Å². The third kappa shape index (κ3) is 2.22. The summed E-state index contributed by atoms with van der Waals surface area (Å²) in [4.78, 5) is 0. The topological polar surface area (TPSA) is 0 Å². The summed E-state index contributed by atoms with van der Waals surface area (Å²) in [5.41, 5.74) is 3.07. The van der Waals surface area contributed by atoms with Gasteiger partial charge in [-0.25, -0.2) is 0 Å². The molecule has 0 nitrogen and oxygen atoms in total. The maximum Gasteiger partial charge on any atom is -0.00851 e. The fourth-order valence-electron chi connectivity index (χ4n) is 7.98. The summed E-state index contributed by atoms with van der Waals surface area (Å²) in [7, 11) is 0. The molecule has 4 aliphatic rings. The summed E-state index contributed by atoms with van der Waals surface area (Å²) >= 11 is 0. The maximum atomic E-state index is 2.73. The Morgan fingerprint density at radius 1 is 1.00 bits per heavy atom. The molecule has 0 N–H and O–H groups in total. The van der Waals surface area contributed by atoms with Gasteiger partial charge in [-0.05, 0) is 97.7 Å². The van der Waals surface area contributed by atoms with Gasteiger partial charge in [0.15, 0.2) is 0 Å². The van der Waals surface area contributed by atoms with E-state index in [0.717, 1.165) is 35.5 Å². The number of rotatable bonds is 1. The highest BCUT2D eigenvalue weighted by Crippen LogP contribution is 2.67. The Morgan fingerprint density at radius 2 is 1.78 bits per heavy atom. The van der Waals surface area contributed by atoms with Crippen LogP contribution in [0.2, 0.25) is 0 Å². The summed E-state index contributed by atoms with van der Waals surface area (Å²) in [5.74, 6) is 5.80. The van der Waals surface area contributed by atoms with Crippen LogP contribution in [-0.2, 0) is 0 Å². The molecule has 4 rings (SSSR count). The van der Waals surface area contributed by atoms with Crippen LogP contribution in [0.3, 0.4) is 0 Å². The maximum absolute atomic E-state index is 2.73. The zero-order chi connectivity index (χ0) is 16.4. The van der Waals surface area contributed by atoms with Crippen LogP contribution in [0.15, 0.2) is 11.6 Å².